The summed E-state index contributed by atoms with van der Waals surface area (Å²) in [6.07, 6.45) is 6.51. The second-order valence-corrected chi connectivity index (χ2v) is 7.76. The molecule has 1 fully saturated rings. The van der Waals surface area contributed by atoms with Crippen molar-refractivity contribution in [2.45, 2.75) is 50.6 Å². The summed E-state index contributed by atoms with van der Waals surface area (Å²) in [6.45, 7) is 0.615. The van der Waals surface area contributed by atoms with Crippen LogP contribution in [0, 0.1) is 0 Å². The Balaban J connectivity index is 1.49. The minimum absolute atomic E-state index is 0.0618. The van der Waals surface area contributed by atoms with Crippen LogP contribution in [0.25, 0.3) is 11.4 Å². The normalized spacial score (nSPS) is 20.9. The largest absolute Gasteiger partial charge is 0.347 e. The number of hydrogen-bond donors (Lipinski definition) is 2. The first kappa shape index (κ1) is 18.9. The summed E-state index contributed by atoms with van der Waals surface area (Å²) in [5, 5.41) is 8.19. The molecule has 1 amide bonds. The lowest BCUT2D eigenvalue weighted by Gasteiger charge is -2.30. The molecular formula is C17H23F2N5OS. The van der Waals surface area contributed by atoms with Crippen LogP contribution in [0.15, 0.2) is 17.9 Å². The molecule has 2 N–H and O–H groups in total. The fourth-order valence-corrected chi connectivity index (χ4v) is 3.83. The van der Waals surface area contributed by atoms with Crippen LogP contribution in [0.4, 0.5) is 8.78 Å². The van der Waals surface area contributed by atoms with Gasteiger partial charge < -0.3 is 15.2 Å². The Morgan fingerprint density at radius 3 is 2.65 bits per heavy atom. The van der Waals surface area contributed by atoms with Gasteiger partial charge in [-0.3, -0.25) is 4.79 Å². The molecule has 0 radical (unpaired) electrons. The van der Waals surface area contributed by atoms with Gasteiger partial charge in [-0.25, -0.2) is 18.7 Å². The summed E-state index contributed by atoms with van der Waals surface area (Å²) >= 11 is 1.30. The highest BCUT2D eigenvalue weighted by Gasteiger charge is 2.27. The number of thiazole rings is 1. The summed E-state index contributed by atoms with van der Waals surface area (Å²) < 4.78 is 27.7. The number of halogens is 2. The SMILES string of the molecule is Cn1cncc1-c1csc(C(=O)NC2CCC(NCC(C)(F)F)CC2)n1. The molecule has 9 heteroatoms. The van der Waals surface area contributed by atoms with Crippen LogP contribution in [-0.2, 0) is 7.05 Å². The summed E-state index contributed by atoms with van der Waals surface area (Å²) in [7, 11) is 1.88. The molecule has 0 bridgehead atoms. The van der Waals surface area contributed by atoms with Crippen LogP contribution >= 0.6 is 11.3 Å². The van der Waals surface area contributed by atoms with E-state index in [1.165, 1.54) is 11.3 Å². The van der Waals surface area contributed by atoms with Crippen molar-refractivity contribution >= 4 is 17.2 Å². The molecule has 0 saturated heterocycles. The van der Waals surface area contributed by atoms with E-state index in [2.05, 4.69) is 20.6 Å². The molecule has 0 aliphatic heterocycles. The molecule has 2 aromatic rings. The van der Waals surface area contributed by atoms with E-state index in [0.29, 0.717) is 5.01 Å². The second kappa shape index (κ2) is 7.79. The van der Waals surface area contributed by atoms with Gasteiger partial charge in [0.15, 0.2) is 5.01 Å². The van der Waals surface area contributed by atoms with E-state index in [4.69, 9.17) is 0 Å². The number of aromatic nitrogens is 3. The topological polar surface area (TPSA) is 71.8 Å². The lowest BCUT2D eigenvalue weighted by molar-refractivity contribution is 0.0184. The molecule has 6 nitrogen and oxygen atoms in total. The highest BCUT2D eigenvalue weighted by atomic mass is 32.1. The van der Waals surface area contributed by atoms with E-state index in [1.807, 2.05) is 17.0 Å². The van der Waals surface area contributed by atoms with Gasteiger partial charge in [0.05, 0.1) is 24.8 Å². The zero-order valence-corrected chi connectivity index (χ0v) is 15.7. The third-order valence-corrected chi connectivity index (χ3v) is 5.38. The molecule has 0 spiro atoms. The van der Waals surface area contributed by atoms with Crippen molar-refractivity contribution in [1.29, 1.82) is 0 Å². The maximum atomic E-state index is 12.9. The first-order valence-corrected chi connectivity index (χ1v) is 9.54. The number of nitrogens with one attached hydrogen (secondary N) is 2. The number of amides is 1. The Labute approximate surface area is 155 Å². The van der Waals surface area contributed by atoms with E-state index < -0.39 is 5.92 Å². The van der Waals surface area contributed by atoms with Crippen LogP contribution < -0.4 is 10.6 Å². The molecule has 1 aliphatic carbocycles. The van der Waals surface area contributed by atoms with Gasteiger partial charge in [0.2, 0.25) is 0 Å². The number of alkyl halides is 2. The second-order valence-electron chi connectivity index (χ2n) is 6.90. The number of carbonyl (C=O) groups is 1. The quantitative estimate of drug-likeness (QED) is 0.805. The Kier molecular flexibility index (Phi) is 5.67. The van der Waals surface area contributed by atoms with Crippen LogP contribution in [0.2, 0.25) is 0 Å². The fourth-order valence-electron chi connectivity index (χ4n) is 3.11. The molecule has 0 unspecified atom stereocenters. The average molecular weight is 383 g/mol. The highest BCUT2D eigenvalue weighted by Crippen LogP contribution is 2.23. The van der Waals surface area contributed by atoms with E-state index in [9.17, 15) is 13.6 Å². The zero-order chi connectivity index (χ0) is 18.7. The van der Waals surface area contributed by atoms with Crippen LogP contribution in [0.5, 0.6) is 0 Å². The molecule has 1 aliphatic rings. The van der Waals surface area contributed by atoms with Crippen molar-refractivity contribution < 1.29 is 13.6 Å². The molecular weight excluding hydrogens is 360 g/mol. The third kappa shape index (κ3) is 4.85. The molecule has 0 aromatic carbocycles. The van der Waals surface area contributed by atoms with E-state index >= 15 is 0 Å². The molecule has 2 heterocycles. The minimum atomic E-state index is -2.69. The van der Waals surface area contributed by atoms with Gasteiger partial charge in [0.25, 0.3) is 11.8 Å². The Bertz CT molecular complexity index is 746. The molecule has 0 atom stereocenters. The van der Waals surface area contributed by atoms with Gasteiger partial charge in [0.1, 0.15) is 5.69 Å². The van der Waals surface area contributed by atoms with Gasteiger partial charge in [0, 0.05) is 31.4 Å². The monoisotopic (exact) mass is 383 g/mol. The Morgan fingerprint density at radius 2 is 2.04 bits per heavy atom. The van der Waals surface area contributed by atoms with Crippen LogP contribution in [0.1, 0.15) is 42.4 Å². The highest BCUT2D eigenvalue weighted by molar-refractivity contribution is 7.12. The van der Waals surface area contributed by atoms with Crippen LogP contribution in [0.3, 0.4) is 0 Å². The number of hydrogen-bond acceptors (Lipinski definition) is 5. The molecule has 1 saturated carbocycles. The number of nitrogens with zero attached hydrogens (tertiary/aromatic N) is 3. The van der Waals surface area contributed by atoms with Crippen molar-refractivity contribution in [2.24, 2.45) is 7.05 Å². The lowest BCUT2D eigenvalue weighted by Crippen LogP contribution is -2.44. The average Bonchev–Trinajstić information content (AvgIpc) is 3.22. The first-order chi connectivity index (χ1) is 12.3. The summed E-state index contributed by atoms with van der Waals surface area (Å²) in [5.74, 6) is -2.87. The summed E-state index contributed by atoms with van der Waals surface area (Å²) in [6, 6.07) is 0.150. The number of carbonyl (C=O) groups excluding carboxylic acids is 1. The van der Waals surface area contributed by atoms with Gasteiger partial charge in [-0.1, -0.05) is 0 Å². The smallest absolute Gasteiger partial charge is 0.280 e. The number of rotatable bonds is 6. The summed E-state index contributed by atoms with van der Waals surface area (Å²) in [4.78, 5) is 20.9. The van der Waals surface area contributed by atoms with E-state index in [0.717, 1.165) is 44.0 Å². The predicted octanol–water partition coefficient (Wildman–Crippen LogP) is 2.83. The standard InChI is InChI=1S/C17H23F2N5OS/c1-17(18,19)9-21-11-3-5-12(6-4-11)22-15(25)16-23-13(8-26-16)14-7-20-10-24(14)2/h7-8,10-12,21H,3-6,9H2,1-2H3,(H,22,25). The van der Waals surface area contributed by atoms with Crippen molar-refractivity contribution in [1.82, 2.24) is 25.2 Å². The zero-order valence-electron chi connectivity index (χ0n) is 14.8. The van der Waals surface area contributed by atoms with Crippen LogP contribution in [-0.4, -0.2) is 45.0 Å². The maximum absolute atomic E-state index is 12.9. The first-order valence-electron chi connectivity index (χ1n) is 8.66. The maximum Gasteiger partial charge on any atom is 0.280 e. The van der Waals surface area contributed by atoms with Crippen molar-refractivity contribution in [3.8, 4) is 11.4 Å². The predicted molar refractivity (Wildman–Crippen MR) is 96.4 cm³/mol. The molecule has 2 aromatic heterocycles. The lowest BCUT2D eigenvalue weighted by atomic mass is 9.91. The minimum Gasteiger partial charge on any atom is -0.347 e. The summed E-state index contributed by atoms with van der Waals surface area (Å²) in [5.41, 5.74) is 1.59. The fraction of sp³-hybridized carbons (Fsp3) is 0.588. The molecule has 26 heavy (non-hydrogen) atoms. The third-order valence-electron chi connectivity index (χ3n) is 4.54. The van der Waals surface area contributed by atoms with E-state index in [1.54, 1.807) is 12.5 Å². The van der Waals surface area contributed by atoms with Gasteiger partial charge in [-0.15, -0.1) is 11.3 Å². The van der Waals surface area contributed by atoms with Gasteiger partial charge in [-0.2, -0.15) is 0 Å². The van der Waals surface area contributed by atoms with Crippen molar-refractivity contribution in [3.05, 3.63) is 22.9 Å². The molecule has 3 rings (SSSR count). The number of imidazole rings is 1. The Hall–Kier alpha value is -1.87. The van der Waals surface area contributed by atoms with Gasteiger partial charge >= 0.3 is 0 Å². The van der Waals surface area contributed by atoms with Gasteiger partial charge in [-0.05, 0) is 25.7 Å². The molecule has 142 valence electrons. The Morgan fingerprint density at radius 1 is 1.35 bits per heavy atom. The van der Waals surface area contributed by atoms with E-state index in [-0.39, 0.29) is 24.5 Å². The van der Waals surface area contributed by atoms with Crippen molar-refractivity contribution in [3.63, 3.8) is 0 Å². The van der Waals surface area contributed by atoms with Crippen molar-refractivity contribution in [2.75, 3.05) is 6.54 Å². The number of aryl methyl sites for hydroxylation is 1.